The van der Waals surface area contributed by atoms with Gasteiger partial charge in [0.2, 0.25) is 11.8 Å². The minimum atomic E-state index is -0.756. The fraction of sp³-hybridized carbons (Fsp3) is 0.867. The van der Waals surface area contributed by atoms with Crippen LogP contribution in [0.1, 0.15) is 52.9 Å². The topological polar surface area (TPSA) is 49.4 Å². The van der Waals surface area contributed by atoms with Gasteiger partial charge in [0, 0.05) is 19.5 Å². The molecular formula is C15H26N2O2. The van der Waals surface area contributed by atoms with E-state index >= 15 is 0 Å². The maximum atomic E-state index is 12.5. The van der Waals surface area contributed by atoms with Gasteiger partial charge in [-0.15, -0.1) is 0 Å². The summed E-state index contributed by atoms with van der Waals surface area (Å²) in [5.41, 5.74) is -0.756. The molecule has 4 nitrogen and oxygen atoms in total. The van der Waals surface area contributed by atoms with Crippen LogP contribution in [0.3, 0.4) is 0 Å². The maximum Gasteiger partial charge on any atom is 0.247 e. The molecule has 0 aromatic heterocycles. The van der Waals surface area contributed by atoms with Crippen molar-refractivity contribution in [3.63, 3.8) is 0 Å². The number of carbonyl (C=O) groups excluding carboxylic acids is 2. The lowest BCUT2D eigenvalue weighted by Gasteiger charge is -2.34. The maximum absolute atomic E-state index is 12.5. The normalized spacial score (nSPS) is 31.8. The molecule has 0 aromatic rings. The third-order valence-corrected chi connectivity index (χ3v) is 4.41. The summed E-state index contributed by atoms with van der Waals surface area (Å²) in [7, 11) is 0. The molecule has 1 heterocycles. The van der Waals surface area contributed by atoms with Crippen molar-refractivity contribution in [3.8, 4) is 0 Å². The Labute approximate surface area is 115 Å². The van der Waals surface area contributed by atoms with E-state index in [-0.39, 0.29) is 11.8 Å². The Kier molecular flexibility index (Phi) is 4.16. The van der Waals surface area contributed by atoms with Crippen LogP contribution in [0.4, 0.5) is 0 Å². The van der Waals surface area contributed by atoms with Crippen LogP contribution >= 0.6 is 0 Å². The van der Waals surface area contributed by atoms with Gasteiger partial charge in [-0.3, -0.25) is 9.59 Å². The number of rotatable bonds is 2. The van der Waals surface area contributed by atoms with E-state index in [1.807, 2.05) is 4.90 Å². The second kappa shape index (κ2) is 5.51. The van der Waals surface area contributed by atoms with Crippen LogP contribution in [-0.4, -0.2) is 35.3 Å². The summed E-state index contributed by atoms with van der Waals surface area (Å²) in [6.07, 6.45) is 5.45. The Morgan fingerprint density at radius 3 is 2.74 bits per heavy atom. The van der Waals surface area contributed by atoms with Crippen molar-refractivity contribution in [2.75, 3.05) is 13.1 Å². The molecule has 4 heteroatoms. The van der Waals surface area contributed by atoms with E-state index in [2.05, 4.69) is 12.2 Å². The fourth-order valence-corrected chi connectivity index (χ4v) is 3.41. The molecule has 0 spiro atoms. The minimum absolute atomic E-state index is 0.0159. The van der Waals surface area contributed by atoms with Crippen LogP contribution in [0, 0.1) is 11.8 Å². The lowest BCUT2D eigenvalue weighted by molar-refractivity contribution is -0.138. The van der Waals surface area contributed by atoms with Crippen molar-refractivity contribution in [2.24, 2.45) is 11.8 Å². The summed E-state index contributed by atoms with van der Waals surface area (Å²) in [5.74, 6) is 1.43. The van der Waals surface area contributed by atoms with Gasteiger partial charge in [-0.2, -0.15) is 0 Å². The first kappa shape index (κ1) is 14.4. The Morgan fingerprint density at radius 2 is 2.05 bits per heavy atom. The van der Waals surface area contributed by atoms with Gasteiger partial charge in [-0.05, 0) is 38.5 Å². The first-order chi connectivity index (χ1) is 8.88. The molecule has 1 saturated carbocycles. The first-order valence-corrected chi connectivity index (χ1v) is 7.49. The zero-order valence-electron chi connectivity index (χ0n) is 12.4. The monoisotopic (exact) mass is 266 g/mol. The number of amides is 2. The van der Waals surface area contributed by atoms with E-state index in [1.165, 1.54) is 25.7 Å². The molecule has 0 radical (unpaired) electrons. The van der Waals surface area contributed by atoms with E-state index in [9.17, 15) is 9.59 Å². The number of nitrogens with zero attached hydrogens (tertiary/aromatic N) is 1. The van der Waals surface area contributed by atoms with E-state index in [0.717, 1.165) is 12.5 Å². The van der Waals surface area contributed by atoms with Gasteiger partial charge in [0.25, 0.3) is 0 Å². The second-order valence-corrected chi connectivity index (χ2v) is 6.81. The zero-order valence-corrected chi connectivity index (χ0v) is 12.4. The minimum Gasteiger partial charge on any atom is -0.342 e. The van der Waals surface area contributed by atoms with E-state index in [0.29, 0.717) is 18.9 Å². The van der Waals surface area contributed by atoms with Gasteiger partial charge in [-0.1, -0.05) is 19.8 Å². The lowest BCUT2D eigenvalue weighted by Crippen LogP contribution is -2.53. The predicted molar refractivity (Wildman–Crippen MR) is 74.5 cm³/mol. The third kappa shape index (κ3) is 3.48. The summed E-state index contributed by atoms with van der Waals surface area (Å²) >= 11 is 0. The van der Waals surface area contributed by atoms with Gasteiger partial charge >= 0.3 is 0 Å². The quantitative estimate of drug-likeness (QED) is 0.830. The van der Waals surface area contributed by atoms with Crippen LogP contribution in [0.5, 0.6) is 0 Å². The Morgan fingerprint density at radius 1 is 1.32 bits per heavy atom. The van der Waals surface area contributed by atoms with Crippen LogP contribution in [0.15, 0.2) is 0 Å². The Hall–Kier alpha value is -1.06. The molecule has 0 bridgehead atoms. The van der Waals surface area contributed by atoms with Gasteiger partial charge in [0.1, 0.15) is 5.54 Å². The first-order valence-electron chi connectivity index (χ1n) is 7.49. The number of nitrogens with one attached hydrogen (secondary N) is 1. The van der Waals surface area contributed by atoms with Crippen molar-refractivity contribution in [1.82, 2.24) is 10.2 Å². The Bertz CT molecular complexity index is 365. The molecule has 2 fully saturated rings. The standard InChI is InChI=1S/C15H26N2O2/c1-11-5-4-6-12(9-11)10-17-8-7-13(18)16-15(2,3)14(17)19/h11-12H,4-10H2,1-3H3,(H,16,18). The smallest absolute Gasteiger partial charge is 0.247 e. The van der Waals surface area contributed by atoms with Gasteiger partial charge in [-0.25, -0.2) is 0 Å². The average molecular weight is 266 g/mol. The van der Waals surface area contributed by atoms with Crippen LogP contribution in [-0.2, 0) is 9.59 Å². The number of hydrogen-bond donors (Lipinski definition) is 1. The molecule has 1 aliphatic carbocycles. The van der Waals surface area contributed by atoms with Gasteiger partial charge in [0.05, 0.1) is 0 Å². The summed E-state index contributed by atoms with van der Waals surface area (Å²) in [6, 6.07) is 0. The van der Waals surface area contributed by atoms with E-state index in [4.69, 9.17) is 0 Å². The molecule has 2 atom stereocenters. The molecular weight excluding hydrogens is 240 g/mol. The highest BCUT2D eigenvalue weighted by molar-refractivity contribution is 5.92. The van der Waals surface area contributed by atoms with Crippen molar-refractivity contribution < 1.29 is 9.59 Å². The molecule has 2 amide bonds. The van der Waals surface area contributed by atoms with E-state index < -0.39 is 5.54 Å². The zero-order chi connectivity index (χ0) is 14.0. The van der Waals surface area contributed by atoms with Crippen molar-refractivity contribution in [3.05, 3.63) is 0 Å². The highest BCUT2D eigenvalue weighted by atomic mass is 16.2. The van der Waals surface area contributed by atoms with Gasteiger partial charge < -0.3 is 10.2 Å². The summed E-state index contributed by atoms with van der Waals surface area (Å²) < 4.78 is 0. The highest BCUT2D eigenvalue weighted by Crippen LogP contribution is 2.29. The number of hydrogen-bond acceptors (Lipinski definition) is 2. The number of carbonyl (C=O) groups is 2. The van der Waals surface area contributed by atoms with Gasteiger partial charge in [0.15, 0.2) is 0 Å². The molecule has 108 valence electrons. The highest BCUT2D eigenvalue weighted by Gasteiger charge is 2.37. The third-order valence-electron chi connectivity index (χ3n) is 4.41. The predicted octanol–water partition coefficient (Wildman–Crippen LogP) is 1.94. The van der Waals surface area contributed by atoms with Crippen molar-refractivity contribution in [1.29, 1.82) is 0 Å². The molecule has 1 saturated heterocycles. The lowest BCUT2D eigenvalue weighted by atomic mass is 9.82. The molecule has 2 rings (SSSR count). The van der Waals surface area contributed by atoms with Crippen molar-refractivity contribution >= 4 is 11.8 Å². The summed E-state index contributed by atoms with van der Waals surface area (Å²) in [6.45, 7) is 7.29. The SMILES string of the molecule is CC1CCCC(CN2CCC(=O)NC(C)(C)C2=O)C1. The molecule has 2 aliphatic rings. The fourth-order valence-electron chi connectivity index (χ4n) is 3.41. The van der Waals surface area contributed by atoms with Crippen LogP contribution in [0.25, 0.3) is 0 Å². The molecule has 1 aliphatic heterocycles. The summed E-state index contributed by atoms with van der Waals surface area (Å²) in [4.78, 5) is 26.0. The molecule has 0 aromatic carbocycles. The van der Waals surface area contributed by atoms with Crippen molar-refractivity contribution in [2.45, 2.75) is 58.4 Å². The van der Waals surface area contributed by atoms with Crippen LogP contribution in [0.2, 0.25) is 0 Å². The molecule has 2 unspecified atom stereocenters. The molecule has 19 heavy (non-hydrogen) atoms. The summed E-state index contributed by atoms with van der Waals surface area (Å²) in [5, 5.41) is 2.81. The van der Waals surface area contributed by atoms with E-state index in [1.54, 1.807) is 13.8 Å². The average Bonchev–Trinajstić information content (AvgIpc) is 2.40. The Balaban J connectivity index is 2.01. The van der Waals surface area contributed by atoms with Crippen LogP contribution < -0.4 is 5.32 Å². The largest absolute Gasteiger partial charge is 0.342 e. The second-order valence-electron chi connectivity index (χ2n) is 6.81. The molecule has 1 N–H and O–H groups in total.